The number of carbonyl (C=O) groups excluding carboxylic acids is 2. The van der Waals surface area contributed by atoms with Crippen LogP contribution in [0.5, 0.6) is 5.75 Å². The highest BCUT2D eigenvalue weighted by Gasteiger charge is 2.58. The zero-order valence-corrected chi connectivity index (χ0v) is 16.8. The Labute approximate surface area is 173 Å². The first-order valence-corrected chi connectivity index (χ1v) is 10.1. The lowest BCUT2D eigenvalue weighted by molar-refractivity contribution is -0.122. The van der Waals surface area contributed by atoms with Crippen LogP contribution in [0.3, 0.4) is 0 Å². The van der Waals surface area contributed by atoms with Crippen LogP contribution in [-0.4, -0.2) is 29.2 Å². The van der Waals surface area contributed by atoms with Gasteiger partial charge in [-0.05, 0) is 36.8 Å². The summed E-state index contributed by atoms with van der Waals surface area (Å²) in [6, 6.07) is 16.5. The lowest BCUT2D eigenvalue weighted by atomic mass is 9.76. The van der Waals surface area contributed by atoms with Gasteiger partial charge in [-0.3, -0.25) is 15.0 Å². The van der Waals surface area contributed by atoms with Crippen LogP contribution < -0.4 is 9.64 Å². The Morgan fingerprint density at radius 3 is 2.28 bits per heavy atom. The Kier molecular flexibility index (Phi) is 4.89. The zero-order chi connectivity index (χ0) is 20.7. The quantitative estimate of drug-likeness (QED) is 0.789. The van der Waals surface area contributed by atoms with Gasteiger partial charge in [0.25, 0.3) is 0 Å². The van der Waals surface area contributed by atoms with Crippen molar-refractivity contribution in [2.24, 2.45) is 11.8 Å². The number of imide groups is 1. The third kappa shape index (κ3) is 3.10. The minimum absolute atomic E-state index is 0.126. The van der Waals surface area contributed by atoms with Gasteiger partial charge in [-0.15, -0.1) is 0 Å². The third-order valence-electron chi connectivity index (χ3n) is 5.51. The number of ether oxygens (including phenoxy) is 1. The number of nitriles is 1. The average Bonchev–Trinajstić information content (AvgIpc) is 2.97. The highest BCUT2D eigenvalue weighted by atomic mass is 32.2. The maximum Gasteiger partial charge on any atom is 0.248 e. The number of hydrogen-bond donors (Lipinski definition) is 1. The molecule has 146 valence electrons. The van der Waals surface area contributed by atoms with E-state index in [2.05, 4.69) is 6.07 Å². The number of benzene rings is 2. The molecule has 2 aliphatic rings. The Balaban J connectivity index is 1.79. The number of aryl methyl sites for hydroxylation is 1. The minimum Gasteiger partial charge on any atom is -0.497 e. The number of anilines is 1. The first-order chi connectivity index (χ1) is 14.0. The Morgan fingerprint density at radius 1 is 1.03 bits per heavy atom. The molecule has 0 unspecified atom stereocenters. The van der Waals surface area contributed by atoms with Crippen molar-refractivity contribution in [1.82, 2.24) is 0 Å². The van der Waals surface area contributed by atoms with Crippen molar-refractivity contribution in [1.29, 1.82) is 10.7 Å². The van der Waals surface area contributed by atoms with Gasteiger partial charge in [-0.25, -0.2) is 4.90 Å². The van der Waals surface area contributed by atoms with Crippen molar-refractivity contribution >= 4 is 34.3 Å². The molecule has 2 saturated heterocycles. The molecule has 29 heavy (non-hydrogen) atoms. The SMILES string of the molecule is COc1ccc([C@@H]2[C@@H]3C(=O)N(c4ccc(C)cc4)C(=O)[C@H]3SC(=N)[C@H]2C#N)cc1. The Bertz CT molecular complexity index is 1030. The van der Waals surface area contributed by atoms with Gasteiger partial charge in [0.2, 0.25) is 11.8 Å². The molecular weight excluding hydrogens is 386 g/mol. The largest absolute Gasteiger partial charge is 0.497 e. The van der Waals surface area contributed by atoms with Gasteiger partial charge in [0.1, 0.15) is 16.9 Å². The van der Waals surface area contributed by atoms with Gasteiger partial charge in [0.15, 0.2) is 0 Å². The summed E-state index contributed by atoms with van der Waals surface area (Å²) in [6.45, 7) is 1.94. The highest BCUT2D eigenvalue weighted by Crippen LogP contribution is 2.50. The molecule has 0 saturated carbocycles. The predicted octanol–water partition coefficient (Wildman–Crippen LogP) is 3.51. The number of carbonyl (C=O) groups is 2. The van der Waals surface area contributed by atoms with Gasteiger partial charge < -0.3 is 4.74 Å². The van der Waals surface area contributed by atoms with E-state index < -0.39 is 23.0 Å². The van der Waals surface area contributed by atoms with Gasteiger partial charge in [-0.1, -0.05) is 41.6 Å². The van der Waals surface area contributed by atoms with E-state index in [0.29, 0.717) is 11.4 Å². The monoisotopic (exact) mass is 405 g/mol. The number of rotatable bonds is 3. The van der Waals surface area contributed by atoms with Crippen LogP contribution in [0.15, 0.2) is 48.5 Å². The lowest BCUT2D eigenvalue weighted by Crippen LogP contribution is -2.39. The van der Waals surface area contributed by atoms with E-state index in [1.54, 1.807) is 43.5 Å². The van der Waals surface area contributed by atoms with Gasteiger partial charge >= 0.3 is 0 Å². The summed E-state index contributed by atoms with van der Waals surface area (Å²) < 4.78 is 5.20. The fourth-order valence-electron chi connectivity index (χ4n) is 4.03. The second-order valence-corrected chi connectivity index (χ2v) is 8.37. The summed E-state index contributed by atoms with van der Waals surface area (Å²) in [6.07, 6.45) is 0. The van der Waals surface area contributed by atoms with Gasteiger partial charge in [0.05, 0.1) is 29.8 Å². The van der Waals surface area contributed by atoms with Gasteiger partial charge in [-0.2, -0.15) is 5.26 Å². The van der Waals surface area contributed by atoms with E-state index in [0.717, 1.165) is 22.9 Å². The van der Waals surface area contributed by atoms with Crippen LogP contribution in [0.25, 0.3) is 0 Å². The molecule has 0 bridgehead atoms. The number of thioether (sulfide) groups is 1. The van der Waals surface area contributed by atoms with Crippen LogP contribution in [0.1, 0.15) is 17.0 Å². The number of fused-ring (bicyclic) bond motifs is 1. The van der Waals surface area contributed by atoms with Crippen LogP contribution >= 0.6 is 11.8 Å². The predicted molar refractivity (Wildman–Crippen MR) is 111 cm³/mol. The molecule has 2 amide bonds. The van der Waals surface area contributed by atoms with Crippen LogP contribution in [0.2, 0.25) is 0 Å². The molecule has 4 atom stereocenters. The van der Waals surface area contributed by atoms with E-state index in [1.165, 1.54) is 4.90 Å². The van der Waals surface area contributed by atoms with E-state index >= 15 is 0 Å². The van der Waals surface area contributed by atoms with Crippen molar-refractivity contribution < 1.29 is 14.3 Å². The fraction of sp³-hybridized carbons (Fsp3) is 0.273. The molecule has 0 radical (unpaired) electrons. The van der Waals surface area contributed by atoms with E-state index in [9.17, 15) is 14.9 Å². The first kappa shape index (κ1) is 19.2. The molecule has 2 fully saturated rings. The highest BCUT2D eigenvalue weighted by molar-refractivity contribution is 8.15. The standard InChI is InChI=1S/C22H19N3O3S/c1-12-3-7-14(8-4-12)25-21(26)18-17(13-5-9-15(28-2)10-6-13)16(11-23)20(24)29-19(18)22(25)27/h3-10,16-19,24H,1-2H3/t16-,17-,18-,19-/m0/s1. The lowest BCUT2D eigenvalue weighted by Gasteiger charge is -2.34. The number of amides is 2. The Morgan fingerprint density at radius 2 is 1.69 bits per heavy atom. The smallest absolute Gasteiger partial charge is 0.248 e. The van der Waals surface area contributed by atoms with Crippen molar-refractivity contribution in [3.8, 4) is 11.8 Å². The second kappa shape index (κ2) is 7.37. The molecule has 1 N–H and O–H groups in total. The molecule has 2 aliphatic heterocycles. The summed E-state index contributed by atoms with van der Waals surface area (Å²) in [5.74, 6) is -2.01. The number of hydrogen-bond acceptors (Lipinski definition) is 6. The maximum atomic E-state index is 13.4. The molecule has 0 aromatic heterocycles. The van der Waals surface area contributed by atoms with Crippen molar-refractivity contribution in [2.45, 2.75) is 18.1 Å². The third-order valence-corrected chi connectivity index (χ3v) is 6.77. The number of nitrogens with zero attached hydrogens (tertiary/aromatic N) is 2. The minimum atomic E-state index is -0.774. The molecule has 0 spiro atoms. The van der Waals surface area contributed by atoms with Gasteiger partial charge in [0, 0.05) is 5.92 Å². The van der Waals surface area contributed by atoms with Crippen molar-refractivity contribution in [2.75, 3.05) is 12.0 Å². The van der Waals surface area contributed by atoms with Crippen molar-refractivity contribution in [3.63, 3.8) is 0 Å². The molecule has 4 rings (SSSR count). The van der Waals surface area contributed by atoms with E-state index in [1.807, 2.05) is 19.1 Å². The second-order valence-electron chi connectivity index (χ2n) is 7.18. The number of methoxy groups -OCH3 is 1. The molecule has 0 aliphatic carbocycles. The summed E-state index contributed by atoms with van der Waals surface area (Å²) in [4.78, 5) is 27.7. The maximum absolute atomic E-state index is 13.4. The molecular formula is C22H19N3O3S. The summed E-state index contributed by atoms with van der Waals surface area (Å²) in [5.41, 5.74) is 2.31. The van der Waals surface area contributed by atoms with E-state index in [-0.39, 0.29) is 16.9 Å². The van der Waals surface area contributed by atoms with Crippen molar-refractivity contribution in [3.05, 3.63) is 59.7 Å². The molecule has 6 nitrogen and oxygen atoms in total. The molecule has 2 aromatic rings. The average molecular weight is 405 g/mol. The molecule has 2 heterocycles. The first-order valence-electron chi connectivity index (χ1n) is 9.19. The summed E-state index contributed by atoms with van der Waals surface area (Å²) in [5, 5.41) is 17.5. The zero-order valence-electron chi connectivity index (χ0n) is 16.0. The number of nitrogens with one attached hydrogen (secondary N) is 1. The van der Waals surface area contributed by atoms with E-state index in [4.69, 9.17) is 10.1 Å². The Hall–Kier alpha value is -3.11. The topological polar surface area (TPSA) is 94.2 Å². The summed E-state index contributed by atoms with van der Waals surface area (Å²) in [7, 11) is 1.56. The van der Waals surface area contributed by atoms with Crippen LogP contribution in [0, 0.1) is 35.5 Å². The normalized spacial score (nSPS) is 26.2. The van der Waals surface area contributed by atoms with Crippen LogP contribution in [-0.2, 0) is 9.59 Å². The summed E-state index contributed by atoms with van der Waals surface area (Å²) >= 11 is 1.03. The fourth-order valence-corrected chi connectivity index (χ4v) is 5.29. The molecule has 2 aromatic carbocycles. The molecule has 7 heteroatoms. The van der Waals surface area contributed by atoms with Crippen LogP contribution in [0.4, 0.5) is 5.69 Å².